The lowest BCUT2D eigenvalue weighted by molar-refractivity contribution is -0.132. The zero-order valence-corrected chi connectivity index (χ0v) is 11.9. The van der Waals surface area contributed by atoms with E-state index >= 15 is 0 Å². The van der Waals surface area contributed by atoms with Crippen molar-refractivity contribution in [2.24, 2.45) is 0 Å². The summed E-state index contributed by atoms with van der Waals surface area (Å²) in [5.41, 5.74) is 0.875. The number of furan rings is 1. The van der Waals surface area contributed by atoms with E-state index in [1.54, 1.807) is 19.1 Å². The van der Waals surface area contributed by atoms with Gasteiger partial charge < -0.3 is 9.73 Å². The summed E-state index contributed by atoms with van der Waals surface area (Å²) in [6.07, 6.45) is 1.49. The molecule has 0 spiro atoms. The van der Waals surface area contributed by atoms with Crippen LogP contribution in [0.5, 0.6) is 0 Å². The average Bonchev–Trinajstić information content (AvgIpc) is 3.04. The molecule has 0 aliphatic carbocycles. The van der Waals surface area contributed by atoms with Crippen LogP contribution in [-0.2, 0) is 16.9 Å². The predicted octanol–water partition coefficient (Wildman–Crippen LogP) is 2.56. The zero-order chi connectivity index (χ0) is 15.0. The van der Waals surface area contributed by atoms with Gasteiger partial charge in [0.15, 0.2) is 5.54 Å². The van der Waals surface area contributed by atoms with Crippen molar-refractivity contribution in [2.75, 3.05) is 0 Å². The molecule has 0 radical (unpaired) electrons. The molecule has 5 heteroatoms. The molecule has 108 valence electrons. The molecular formula is C16H16N2O3. The maximum Gasteiger partial charge on any atom is 0.325 e. The highest BCUT2D eigenvalue weighted by molar-refractivity contribution is 6.06. The Hall–Kier alpha value is -2.56. The molecule has 2 heterocycles. The lowest BCUT2D eigenvalue weighted by Gasteiger charge is -2.19. The van der Waals surface area contributed by atoms with E-state index in [0.717, 1.165) is 11.1 Å². The molecule has 1 N–H and O–H groups in total. The lowest BCUT2D eigenvalue weighted by Crippen LogP contribution is -2.40. The molecule has 3 rings (SSSR count). The third-order valence-electron chi connectivity index (χ3n) is 3.71. The highest BCUT2D eigenvalue weighted by Gasteiger charge is 2.50. The van der Waals surface area contributed by atoms with Gasteiger partial charge >= 0.3 is 6.03 Å². The number of carbonyl (C=O) groups is 2. The van der Waals surface area contributed by atoms with Gasteiger partial charge in [0.1, 0.15) is 5.76 Å². The molecule has 1 atom stereocenters. The van der Waals surface area contributed by atoms with Gasteiger partial charge in [-0.15, -0.1) is 0 Å². The van der Waals surface area contributed by atoms with E-state index in [-0.39, 0.29) is 12.5 Å². The first-order valence-corrected chi connectivity index (χ1v) is 6.74. The molecule has 1 saturated heterocycles. The molecule has 21 heavy (non-hydrogen) atoms. The van der Waals surface area contributed by atoms with Crippen LogP contribution in [0.1, 0.15) is 23.8 Å². The smallest absolute Gasteiger partial charge is 0.325 e. The molecule has 1 aliphatic heterocycles. The largest absolute Gasteiger partial charge is 0.466 e. The highest BCUT2D eigenvalue weighted by Crippen LogP contribution is 2.30. The SMILES string of the molecule is Cc1cccc(CN2C(=O)NC(C)(c3ccco3)C2=O)c1. The molecule has 0 saturated carbocycles. The summed E-state index contributed by atoms with van der Waals surface area (Å²) >= 11 is 0. The third-order valence-corrected chi connectivity index (χ3v) is 3.71. The number of urea groups is 1. The van der Waals surface area contributed by atoms with Gasteiger partial charge in [-0.2, -0.15) is 0 Å². The zero-order valence-electron chi connectivity index (χ0n) is 11.9. The summed E-state index contributed by atoms with van der Waals surface area (Å²) < 4.78 is 5.29. The van der Waals surface area contributed by atoms with Crippen molar-refractivity contribution in [1.29, 1.82) is 0 Å². The number of hydrogen-bond acceptors (Lipinski definition) is 3. The van der Waals surface area contributed by atoms with Crippen molar-refractivity contribution < 1.29 is 14.0 Å². The monoisotopic (exact) mass is 284 g/mol. The summed E-state index contributed by atoms with van der Waals surface area (Å²) in [5, 5.41) is 2.71. The van der Waals surface area contributed by atoms with Gasteiger partial charge in [-0.05, 0) is 31.5 Å². The molecule has 1 fully saturated rings. The third kappa shape index (κ3) is 2.20. The Bertz CT molecular complexity index is 693. The van der Waals surface area contributed by atoms with Crippen LogP contribution < -0.4 is 5.32 Å². The Morgan fingerprint density at radius 1 is 1.24 bits per heavy atom. The number of nitrogens with one attached hydrogen (secondary N) is 1. The second kappa shape index (κ2) is 4.77. The molecule has 1 aliphatic rings. The van der Waals surface area contributed by atoms with Gasteiger partial charge in [0.25, 0.3) is 5.91 Å². The number of nitrogens with zero attached hydrogens (tertiary/aromatic N) is 1. The fourth-order valence-corrected chi connectivity index (χ4v) is 2.56. The van der Waals surface area contributed by atoms with E-state index in [1.807, 2.05) is 31.2 Å². The van der Waals surface area contributed by atoms with Crippen molar-refractivity contribution in [2.45, 2.75) is 25.9 Å². The van der Waals surface area contributed by atoms with Crippen LogP contribution in [0, 0.1) is 6.92 Å². The number of amides is 3. The Morgan fingerprint density at radius 3 is 2.71 bits per heavy atom. The van der Waals surface area contributed by atoms with Crippen LogP contribution in [0.4, 0.5) is 4.79 Å². The molecule has 5 nitrogen and oxygen atoms in total. The first kappa shape index (κ1) is 13.4. The van der Waals surface area contributed by atoms with Gasteiger partial charge in [0.05, 0.1) is 12.8 Å². The topological polar surface area (TPSA) is 62.6 Å². The van der Waals surface area contributed by atoms with Crippen LogP contribution >= 0.6 is 0 Å². The van der Waals surface area contributed by atoms with E-state index in [9.17, 15) is 9.59 Å². The fourth-order valence-electron chi connectivity index (χ4n) is 2.56. The van der Waals surface area contributed by atoms with Gasteiger partial charge in [0.2, 0.25) is 0 Å². The number of rotatable bonds is 3. The minimum absolute atomic E-state index is 0.253. The van der Waals surface area contributed by atoms with Crippen LogP contribution in [0.25, 0.3) is 0 Å². The fraction of sp³-hybridized carbons (Fsp3) is 0.250. The molecular weight excluding hydrogens is 268 g/mol. The minimum atomic E-state index is -1.13. The van der Waals surface area contributed by atoms with Crippen LogP contribution in [0.3, 0.4) is 0 Å². The van der Waals surface area contributed by atoms with E-state index in [4.69, 9.17) is 4.42 Å². The Kier molecular flexibility index (Phi) is 3.05. The quantitative estimate of drug-likeness (QED) is 0.881. The van der Waals surface area contributed by atoms with Crippen LogP contribution in [-0.4, -0.2) is 16.8 Å². The van der Waals surface area contributed by atoms with E-state index in [1.165, 1.54) is 11.2 Å². The first-order chi connectivity index (χ1) is 10.0. The molecule has 2 aromatic rings. The van der Waals surface area contributed by atoms with E-state index < -0.39 is 11.6 Å². The summed E-state index contributed by atoms with van der Waals surface area (Å²) in [6, 6.07) is 10.7. The molecule has 0 bridgehead atoms. The number of carbonyl (C=O) groups excluding carboxylic acids is 2. The normalized spacial score (nSPS) is 21.7. The number of aryl methyl sites for hydroxylation is 1. The lowest BCUT2D eigenvalue weighted by atomic mass is 9.99. The Balaban J connectivity index is 1.88. The van der Waals surface area contributed by atoms with Gasteiger partial charge in [-0.3, -0.25) is 9.69 Å². The average molecular weight is 284 g/mol. The van der Waals surface area contributed by atoms with Crippen LogP contribution in [0.15, 0.2) is 47.1 Å². The van der Waals surface area contributed by atoms with Crippen molar-refractivity contribution in [1.82, 2.24) is 10.2 Å². The first-order valence-electron chi connectivity index (χ1n) is 6.74. The predicted molar refractivity (Wildman–Crippen MR) is 76.3 cm³/mol. The van der Waals surface area contributed by atoms with Crippen molar-refractivity contribution >= 4 is 11.9 Å². The van der Waals surface area contributed by atoms with E-state index in [0.29, 0.717) is 5.76 Å². The van der Waals surface area contributed by atoms with Crippen molar-refractivity contribution in [3.8, 4) is 0 Å². The minimum Gasteiger partial charge on any atom is -0.466 e. The van der Waals surface area contributed by atoms with Gasteiger partial charge in [0, 0.05) is 0 Å². The van der Waals surface area contributed by atoms with Gasteiger partial charge in [-0.1, -0.05) is 29.8 Å². The maximum absolute atomic E-state index is 12.6. The second-order valence-corrected chi connectivity index (χ2v) is 5.41. The summed E-state index contributed by atoms with van der Waals surface area (Å²) in [5.74, 6) is 0.136. The molecule has 1 aromatic heterocycles. The number of imide groups is 1. The van der Waals surface area contributed by atoms with E-state index in [2.05, 4.69) is 5.32 Å². The van der Waals surface area contributed by atoms with Crippen LogP contribution in [0.2, 0.25) is 0 Å². The summed E-state index contributed by atoms with van der Waals surface area (Å²) in [6.45, 7) is 3.88. The number of hydrogen-bond donors (Lipinski definition) is 1. The van der Waals surface area contributed by atoms with Crippen molar-refractivity contribution in [3.05, 3.63) is 59.5 Å². The Labute approximate surface area is 122 Å². The standard InChI is InChI=1S/C16H16N2O3/c1-11-5-3-6-12(9-11)10-18-14(19)16(2,17-15(18)20)13-7-4-8-21-13/h3-9H,10H2,1-2H3,(H,17,20). The molecule has 3 amide bonds. The second-order valence-electron chi connectivity index (χ2n) is 5.41. The van der Waals surface area contributed by atoms with Gasteiger partial charge in [-0.25, -0.2) is 4.79 Å². The van der Waals surface area contributed by atoms with Crippen molar-refractivity contribution in [3.63, 3.8) is 0 Å². The summed E-state index contributed by atoms with van der Waals surface area (Å²) in [4.78, 5) is 26.0. The highest BCUT2D eigenvalue weighted by atomic mass is 16.3. The molecule has 1 unspecified atom stereocenters. The molecule has 1 aromatic carbocycles. The Morgan fingerprint density at radius 2 is 2.05 bits per heavy atom. The summed E-state index contributed by atoms with van der Waals surface area (Å²) in [7, 11) is 0. The number of benzene rings is 1. The maximum atomic E-state index is 12.6.